The number of fused-ring (bicyclic) bond motifs is 1. The quantitative estimate of drug-likeness (QED) is 0.798. The molecule has 1 atom stereocenters. The average molecular weight is 278 g/mol. The number of aliphatic hydroxyl groups excluding tert-OH is 1. The van der Waals surface area contributed by atoms with Crippen LogP contribution in [0.3, 0.4) is 0 Å². The number of aliphatic hydroxyl groups is 1. The van der Waals surface area contributed by atoms with Gasteiger partial charge in [-0.1, -0.05) is 24.3 Å². The first-order chi connectivity index (χ1) is 10.1. The molecule has 0 amide bonds. The zero-order chi connectivity index (χ0) is 14.8. The Hall–Kier alpha value is -2.39. The highest BCUT2D eigenvalue weighted by atomic mass is 16.3. The van der Waals surface area contributed by atoms with Crippen LogP contribution in [-0.4, -0.2) is 24.2 Å². The Labute approximate surface area is 124 Å². The fraction of sp³-hybridized carbons (Fsp3) is 0.167. The van der Waals surface area contributed by atoms with Crippen molar-refractivity contribution in [1.29, 1.82) is 0 Å². The minimum Gasteiger partial charge on any atom is -0.384 e. The fourth-order valence-electron chi connectivity index (χ4n) is 2.41. The van der Waals surface area contributed by atoms with Gasteiger partial charge in [0.1, 0.15) is 6.10 Å². The molecule has 1 N–H and O–H groups in total. The topological polar surface area (TPSA) is 36.4 Å². The molecule has 0 aliphatic rings. The Morgan fingerprint density at radius 3 is 2.38 bits per heavy atom. The van der Waals surface area contributed by atoms with Crippen LogP contribution in [0.4, 0.5) is 5.69 Å². The molecule has 0 bridgehead atoms. The number of rotatable bonds is 3. The lowest BCUT2D eigenvalue weighted by molar-refractivity contribution is 0.220. The molecule has 1 aromatic heterocycles. The summed E-state index contributed by atoms with van der Waals surface area (Å²) in [6.07, 6.45) is 1.16. The molecule has 0 fully saturated rings. The van der Waals surface area contributed by atoms with E-state index in [9.17, 15) is 5.11 Å². The molecule has 2 aromatic carbocycles. The van der Waals surface area contributed by atoms with Gasteiger partial charge >= 0.3 is 0 Å². The van der Waals surface area contributed by atoms with E-state index < -0.39 is 6.10 Å². The summed E-state index contributed by atoms with van der Waals surface area (Å²) in [6, 6.07) is 17.7. The zero-order valence-electron chi connectivity index (χ0n) is 12.2. The van der Waals surface area contributed by atoms with Crippen LogP contribution in [0.5, 0.6) is 0 Å². The third kappa shape index (κ3) is 2.73. The molecule has 0 aliphatic carbocycles. The third-order valence-electron chi connectivity index (χ3n) is 3.67. The van der Waals surface area contributed by atoms with Gasteiger partial charge in [0.25, 0.3) is 0 Å². The predicted octanol–water partition coefficient (Wildman–Crippen LogP) is 3.38. The first kappa shape index (κ1) is 13.6. The van der Waals surface area contributed by atoms with Crippen LogP contribution in [-0.2, 0) is 0 Å². The number of benzene rings is 2. The maximum atomic E-state index is 10.5. The van der Waals surface area contributed by atoms with E-state index in [2.05, 4.69) is 4.98 Å². The molecule has 3 heteroatoms. The zero-order valence-corrected chi connectivity index (χ0v) is 12.2. The predicted molar refractivity (Wildman–Crippen MR) is 86.6 cm³/mol. The van der Waals surface area contributed by atoms with Crippen LogP contribution >= 0.6 is 0 Å². The SMILES string of the molecule is CN(C)c1ccc(C(O)c2ccc3ncccc3c2)cc1. The van der Waals surface area contributed by atoms with Crippen molar-refractivity contribution in [2.45, 2.75) is 6.10 Å². The second-order valence-electron chi connectivity index (χ2n) is 5.34. The van der Waals surface area contributed by atoms with Crippen molar-refractivity contribution in [1.82, 2.24) is 4.98 Å². The van der Waals surface area contributed by atoms with Gasteiger partial charge in [0, 0.05) is 31.4 Å². The van der Waals surface area contributed by atoms with Crippen LogP contribution < -0.4 is 4.90 Å². The second kappa shape index (κ2) is 5.54. The molecular formula is C18H18N2O. The van der Waals surface area contributed by atoms with Gasteiger partial charge in [-0.25, -0.2) is 0 Å². The number of anilines is 1. The van der Waals surface area contributed by atoms with Crippen molar-refractivity contribution in [2.75, 3.05) is 19.0 Å². The largest absolute Gasteiger partial charge is 0.384 e. The van der Waals surface area contributed by atoms with E-state index in [1.165, 1.54) is 0 Å². The van der Waals surface area contributed by atoms with Crippen molar-refractivity contribution in [3.8, 4) is 0 Å². The molecule has 3 aromatic rings. The van der Waals surface area contributed by atoms with E-state index in [4.69, 9.17) is 0 Å². The van der Waals surface area contributed by atoms with E-state index in [0.29, 0.717) is 0 Å². The summed E-state index contributed by atoms with van der Waals surface area (Å²) in [5.74, 6) is 0. The molecule has 1 unspecified atom stereocenters. The smallest absolute Gasteiger partial charge is 0.104 e. The van der Waals surface area contributed by atoms with E-state index in [-0.39, 0.29) is 0 Å². The molecule has 106 valence electrons. The first-order valence-electron chi connectivity index (χ1n) is 6.95. The van der Waals surface area contributed by atoms with Gasteiger partial charge in [0.2, 0.25) is 0 Å². The maximum Gasteiger partial charge on any atom is 0.104 e. The van der Waals surface area contributed by atoms with Crippen LogP contribution in [0.1, 0.15) is 17.2 Å². The summed E-state index contributed by atoms with van der Waals surface area (Å²) >= 11 is 0. The normalized spacial score (nSPS) is 12.3. The number of nitrogens with zero attached hydrogens (tertiary/aromatic N) is 2. The Balaban J connectivity index is 1.93. The van der Waals surface area contributed by atoms with Crippen LogP contribution in [0, 0.1) is 0 Å². The molecule has 0 radical (unpaired) electrons. The molecule has 21 heavy (non-hydrogen) atoms. The third-order valence-corrected chi connectivity index (χ3v) is 3.67. The highest BCUT2D eigenvalue weighted by Gasteiger charge is 2.11. The van der Waals surface area contributed by atoms with Crippen LogP contribution in [0.25, 0.3) is 10.9 Å². The lowest BCUT2D eigenvalue weighted by Crippen LogP contribution is -2.08. The maximum absolute atomic E-state index is 10.5. The van der Waals surface area contributed by atoms with E-state index in [0.717, 1.165) is 27.7 Å². The lowest BCUT2D eigenvalue weighted by Gasteiger charge is -2.16. The minimum atomic E-state index is -0.620. The molecule has 3 rings (SSSR count). The van der Waals surface area contributed by atoms with Gasteiger partial charge < -0.3 is 10.0 Å². The second-order valence-corrected chi connectivity index (χ2v) is 5.34. The van der Waals surface area contributed by atoms with E-state index in [1.807, 2.05) is 73.6 Å². The molecule has 1 heterocycles. The summed E-state index contributed by atoms with van der Waals surface area (Å²) in [7, 11) is 4.00. The first-order valence-corrected chi connectivity index (χ1v) is 6.95. The average Bonchev–Trinajstić information content (AvgIpc) is 2.54. The van der Waals surface area contributed by atoms with Gasteiger partial charge in [-0.15, -0.1) is 0 Å². The van der Waals surface area contributed by atoms with Crippen molar-refractivity contribution in [2.24, 2.45) is 0 Å². The number of hydrogen-bond donors (Lipinski definition) is 1. The summed E-state index contributed by atoms with van der Waals surface area (Å²) in [4.78, 5) is 6.34. The number of aromatic nitrogens is 1. The molecule has 0 saturated carbocycles. The van der Waals surface area contributed by atoms with Crippen LogP contribution in [0.15, 0.2) is 60.8 Å². The van der Waals surface area contributed by atoms with Crippen molar-refractivity contribution >= 4 is 16.6 Å². The Bertz CT molecular complexity index is 751. The van der Waals surface area contributed by atoms with Crippen molar-refractivity contribution < 1.29 is 5.11 Å². The van der Waals surface area contributed by atoms with Gasteiger partial charge in [0.15, 0.2) is 0 Å². The Kier molecular flexibility index (Phi) is 3.59. The van der Waals surface area contributed by atoms with E-state index >= 15 is 0 Å². The summed E-state index contributed by atoms with van der Waals surface area (Å²) in [6.45, 7) is 0. The standard InChI is InChI=1S/C18H18N2O/c1-20(2)16-8-5-13(6-9-16)18(21)15-7-10-17-14(12-15)4-3-11-19-17/h3-12,18,21H,1-2H3. The Morgan fingerprint density at radius 1 is 0.952 bits per heavy atom. The van der Waals surface area contributed by atoms with Crippen molar-refractivity contribution in [3.05, 3.63) is 71.9 Å². The molecule has 0 spiro atoms. The number of pyridine rings is 1. The highest BCUT2D eigenvalue weighted by molar-refractivity contribution is 5.79. The summed E-state index contributed by atoms with van der Waals surface area (Å²) in [5, 5.41) is 11.6. The lowest BCUT2D eigenvalue weighted by atomic mass is 9.99. The van der Waals surface area contributed by atoms with Gasteiger partial charge in [-0.05, 0) is 41.5 Å². The van der Waals surface area contributed by atoms with Crippen LogP contribution in [0.2, 0.25) is 0 Å². The summed E-state index contributed by atoms with van der Waals surface area (Å²) < 4.78 is 0. The molecular weight excluding hydrogens is 260 g/mol. The minimum absolute atomic E-state index is 0.620. The fourth-order valence-corrected chi connectivity index (χ4v) is 2.41. The molecule has 0 saturated heterocycles. The van der Waals surface area contributed by atoms with Gasteiger partial charge in [0.05, 0.1) is 5.52 Å². The highest BCUT2D eigenvalue weighted by Crippen LogP contribution is 2.26. The van der Waals surface area contributed by atoms with Gasteiger partial charge in [-0.2, -0.15) is 0 Å². The summed E-state index contributed by atoms with van der Waals surface area (Å²) in [5.41, 5.74) is 3.84. The number of hydrogen-bond acceptors (Lipinski definition) is 3. The molecule has 0 aliphatic heterocycles. The van der Waals surface area contributed by atoms with Gasteiger partial charge in [-0.3, -0.25) is 4.98 Å². The molecule has 3 nitrogen and oxygen atoms in total. The van der Waals surface area contributed by atoms with Crippen molar-refractivity contribution in [3.63, 3.8) is 0 Å². The van der Waals surface area contributed by atoms with E-state index in [1.54, 1.807) is 6.20 Å². The monoisotopic (exact) mass is 278 g/mol. The Morgan fingerprint density at radius 2 is 1.67 bits per heavy atom.